The molecule has 0 radical (unpaired) electrons. The van der Waals surface area contributed by atoms with Crippen molar-refractivity contribution in [2.45, 2.75) is 34.1 Å². The van der Waals surface area contributed by atoms with Crippen LogP contribution in [0, 0.1) is 0 Å². The third-order valence-electron chi connectivity index (χ3n) is 2.35. The highest BCUT2D eigenvalue weighted by atomic mass is 15.1. The van der Waals surface area contributed by atoms with Gasteiger partial charge in [-0.2, -0.15) is 0 Å². The Hall–Kier alpha value is -1.50. The molecule has 1 aromatic rings. The second-order valence-electron chi connectivity index (χ2n) is 3.42. The smallest absolute Gasteiger partial charge is 0.0407 e. The van der Waals surface area contributed by atoms with Crippen LogP contribution in [-0.2, 0) is 0 Å². The zero-order valence-electron chi connectivity index (χ0n) is 11.8. The summed E-state index contributed by atoms with van der Waals surface area (Å²) in [5.41, 5.74) is 2.44. The molecule has 1 nitrogen and oxygen atoms in total. The molecule has 0 heterocycles. The largest absolute Gasteiger partial charge is 0.345 e. The van der Waals surface area contributed by atoms with Gasteiger partial charge in [0.25, 0.3) is 0 Å². The summed E-state index contributed by atoms with van der Waals surface area (Å²) in [6.45, 7) is 8.21. The number of rotatable bonds is 4. The molecule has 0 atom stereocenters. The van der Waals surface area contributed by atoms with E-state index in [2.05, 4.69) is 68.3 Å². The van der Waals surface area contributed by atoms with Gasteiger partial charge in [-0.05, 0) is 31.6 Å². The standard InChI is InChI=1S/C14H19N.C2H6/c1-4-6-10-13(5-2)15(3)14-11-8-7-9-12-14;1-2/h5-12H,4H2,1-3H3;1-2H3/b10-6-,13-5+;. The number of benzene rings is 1. The van der Waals surface area contributed by atoms with Crippen LogP contribution in [0.3, 0.4) is 0 Å². The molecule has 0 fully saturated rings. The minimum atomic E-state index is 1.07. The third-order valence-corrected chi connectivity index (χ3v) is 2.35. The fraction of sp³-hybridized carbons (Fsp3) is 0.375. The monoisotopic (exact) mass is 231 g/mol. The molecule has 17 heavy (non-hydrogen) atoms. The van der Waals surface area contributed by atoms with E-state index in [1.807, 2.05) is 19.9 Å². The number of allylic oxidation sites excluding steroid dienone is 3. The molecule has 1 heteroatoms. The van der Waals surface area contributed by atoms with Gasteiger partial charge in [-0.15, -0.1) is 0 Å². The van der Waals surface area contributed by atoms with E-state index in [4.69, 9.17) is 0 Å². The first-order valence-electron chi connectivity index (χ1n) is 6.41. The zero-order valence-corrected chi connectivity index (χ0v) is 11.8. The first kappa shape index (κ1) is 15.5. The number of likely N-dealkylation sites (N-methyl/N-ethyl adjacent to an activating group) is 1. The van der Waals surface area contributed by atoms with Crippen LogP contribution in [-0.4, -0.2) is 7.05 Å². The summed E-state index contributed by atoms with van der Waals surface area (Å²) in [6.07, 6.45) is 7.53. The van der Waals surface area contributed by atoms with E-state index in [9.17, 15) is 0 Å². The SMILES string of the molecule is C/C=C(\C=C/CC)N(C)c1ccccc1.CC. The maximum absolute atomic E-state index is 2.19. The molecule has 0 amide bonds. The Labute approximate surface area is 106 Å². The Morgan fingerprint density at radius 1 is 1.18 bits per heavy atom. The summed E-state index contributed by atoms with van der Waals surface area (Å²) in [5.74, 6) is 0. The van der Waals surface area contributed by atoms with Gasteiger partial charge in [-0.3, -0.25) is 0 Å². The fourth-order valence-electron chi connectivity index (χ4n) is 1.44. The molecular formula is C16H25N. The van der Waals surface area contributed by atoms with Gasteiger partial charge in [-0.25, -0.2) is 0 Å². The van der Waals surface area contributed by atoms with E-state index < -0.39 is 0 Å². The van der Waals surface area contributed by atoms with Gasteiger partial charge in [0.15, 0.2) is 0 Å². The van der Waals surface area contributed by atoms with Gasteiger partial charge in [0.05, 0.1) is 0 Å². The molecule has 1 rings (SSSR count). The quantitative estimate of drug-likeness (QED) is 0.658. The van der Waals surface area contributed by atoms with Gasteiger partial charge in [-0.1, -0.05) is 51.1 Å². The van der Waals surface area contributed by atoms with E-state index >= 15 is 0 Å². The lowest BCUT2D eigenvalue weighted by Crippen LogP contribution is -2.14. The minimum Gasteiger partial charge on any atom is -0.345 e. The predicted octanol–water partition coefficient (Wildman–Crippen LogP) is 5.02. The van der Waals surface area contributed by atoms with Crippen LogP contribution < -0.4 is 4.90 Å². The lowest BCUT2D eigenvalue weighted by atomic mass is 10.2. The summed E-state index contributed by atoms with van der Waals surface area (Å²) >= 11 is 0. The van der Waals surface area contributed by atoms with Crippen molar-refractivity contribution in [1.82, 2.24) is 0 Å². The number of anilines is 1. The maximum atomic E-state index is 2.19. The third kappa shape index (κ3) is 5.39. The normalized spacial score (nSPS) is 11.0. The van der Waals surface area contributed by atoms with Crippen molar-refractivity contribution in [3.8, 4) is 0 Å². The van der Waals surface area contributed by atoms with Gasteiger partial charge < -0.3 is 4.90 Å². The highest BCUT2D eigenvalue weighted by Gasteiger charge is 2.01. The van der Waals surface area contributed by atoms with Crippen molar-refractivity contribution in [2.75, 3.05) is 11.9 Å². The number of hydrogen-bond donors (Lipinski definition) is 0. The van der Waals surface area contributed by atoms with Crippen LogP contribution in [0.25, 0.3) is 0 Å². The summed E-state index contributed by atoms with van der Waals surface area (Å²) in [5, 5.41) is 0. The summed E-state index contributed by atoms with van der Waals surface area (Å²) < 4.78 is 0. The zero-order chi connectivity index (χ0) is 13.1. The van der Waals surface area contributed by atoms with Crippen molar-refractivity contribution in [3.63, 3.8) is 0 Å². The lowest BCUT2D eigenvalue weighted by molar-refractivity contribution is 1.12. The number of nitrogens with zero attached hydrogens (tertiary/aromatic N) is 1. The molecule has 0 spiro atoms. The Balaban J connectivity index is 0.00000121. The molecule has 94 valence electrons. The lowest BCUT2D eigenvalue weighted by Gasteiger charge is -2.20. The molecule has 0 unspecified atom stereocenters. The fourth-order valence-corrected chi connectivity index (χ4v) is 1.44. The highest BCUT2D eigenvalue weighted by molar-refractivity contribution is 5.53. The molecule has 0 aromatic heterocycles. The van der Waals surface area contributed by atoms with Crippen LogP contribution >= 0.6 is 0 Å². The Kier molecular flexibility index (Phi) is 8.85. The summed E-state index contributed by atoms with van der Waals surface area (Å²) in [6, 6.07) is 10.4. The van der Waals surface area contributed by atoms with Crippen LogP contribution in [0.4, 0.5) is 5.69 Å². The molecule has 0 saturated heterocycles. The van der Waals surface area contributed by atoms with Crippen LogP contribution in [0.2, 0.25) is 0 Å². The molecule has 0 aliphatic carbocycles. The topological polar surface area (TPSA) is 3.24 Å². The Morgan fingerprint density at radius 3 is 2.24 bits per heavy atom. The van der Waals surface area contributed by atoms with Crippen molar-refractivity contribution < 1.29 is 0 Å². The van der Waals surface area contributed by atoms with E-state index in [0.29, 0.717) is 0 Å². The van der Waals surface area contributed by atoms with Crippen LogP contribution in [0.1, 0.15) is 34.1 Å². The molecule has 0 aliphatic rings. The van der Waals surface area contributed by atoms with Gasteiger partial charge in [0, 0.05) is 18.4 Å². The molecule has 0 N–H and O–H groups in total. The average Bonchev–Trinajstić information content (AvgIpc) is 2.42. The first-order chi connectivity index (χ1) is 8.29. The van der Waals surface area contributed by atoms with Gasteiger partial charge in [0.2, 0.25) is 0 Å². The minimum absolute atomic E-state index is 1.07. The molecular weight excluding hydrogens is 206 g/mol. The van der Waals surface area contributed by atoms with Crippen molar-refractivity contribution in [1.29, 1.82) is 0 Å². The maximum Gasteiger partial charge on any atom is 0.0407 e. The van der Waals surface area contributed by atoms with Gasteiger partial charge >= 0.3 is 0 Å². The van der Waals surface area contributed by atoms with Crippen molar-refractivity contribution in [3.05, 3.63) is 54.3 Å². The average molecular weight is 231 g/mol. The molecule has 0 bridgehead atoms. The molecule has 0 saturated carbocycles. The second-order valence-corrected chi connectivity index (χ2v) is 3.42. The van der Waals surface area contributed by atoms with E-state index in [1.165, 1.54) is 11.4 Å². The summed E-state index contributed by atoms with van der Waals surface area (Å²) in [4.78, 5) is 2.19. The van der Waals surface area contributed by atoms with E-state index in [1.54, 1.807) is 0 Å². The van der Waals surface area contributed by atoms with Gasteiger partial charge in [0.1, 0.15) is 0 Å². The Bertz CT molecular complexity index is 336. The van der Waals surface area contributed by atoms with Crippen molar-refractivity contribution in [2.24, 2.45) is 0 Å². The van der Waals surface area contributed by atoms with Crippen LogP contribution in [0.5, 0.6) is 0 Å². The predicted molar refractivity (Wildman–Crippen MR) is 79.4 cm³/mol. The van der Waals surface area contributed by atoms with Crippen LogP contribution in [0.15, 0.2) is 54.3 Å². The number of para-hydroxylation sites is 1. The van der Waals surface area contributed by atoms with Crippen molar-refractivity contribution >= 4 is 5.69 Å². The number of hydrogen-bond acceptors (Lipinski definition) is 1. The molecule has 1 aromatic carbocycles. The highest BCUT2D eigenvalue weighted by Crippen LogP contribution is 2.17. The molecule has 0 aliphatic heterocycles. The van der Waals surface area contributed by atoms with E-state index in [0.717, 1.165) is 6.42 Å². The Morgan fingerprint density at radius 2 is 1.76 bits per heavy atom. The first-order valence-corrected chi connectivity index (χ1v) is 6.41. The summed E-state index contributed by atoms with van der Waals surface area (Å²) in [7, 11) is 2.09. The second kappa shape index (κ2) is 9.71. The van der Waals surface area contributed by atoms with E-state index in [-0.39, 0.29) is 0 Å².